The van der Waals surface area contributed by atoms with Crippen LogP contribution in [0.5, 0.6) is 0 Å². The van der Waals surface area contributed by atoms with E-state index < -0.39 is 5.73 Å². The molecule has 0 aromatic heterocycles. The average Bonchev–Trinajstić information content (AvgIpc) is 0.722. The Kier molecular flexibility index (Phi) is 1.98. The van der Waals surface area contributed by atoms with E-state index in [0.29, 0.717) is 0 Å². The van der Waals surface area contributed by atoms with Crippen LogP contribution in [0.4, 0.5) is 0 Å². The first-order valence-corrected chi connectivity index (χ1v) is 7.27. The Morgan fingerprint density at radius 1 is 1.20 bits per heavy atom. The van der Waals surface area contributed by atoms with Gasteiger partial charge in [0.15, 0.2) is 0 Å². The van der Waals surface area contributed by atoms with Crippen LogP contribution in [0.15, 0.2) is 0 Å². The molecular formula is C3H10PV. The van der Waals surface area contributed by atoms with Crippen molar-refractivity contribution in [1.82, 2.24) is 0 Å². The molecule has 0 radical (unpaired) electrons. The zero-order chi connectivity index (χ0) is 4.50. The molecule has 0 spiro atoms. The second-order valence-corrected chi connectivity index (χ2v) is 12.8. The summed E-state index contributed by atoms with van der Waals surface area (Å²) in [6.45, 7) is 6.90. The summed E-state index contributed by atoms with van der Waals surface area (Å²) in [5.74, 6) is 0. The quantitative estimate of drug-likeness (QED) is 0.428. The third kappa shape index (κ3) is 44.3. The molecule has 0 N–H and O–H groups in total. The predicted molar refractivity (Wildman–Crippen MR) is 26.1 cm³/mol. The van der Waals surface area contributed by atoms with Crippen LogP contribution >= 0.6 is 5.73 Å². The SMILES string of the molecule is C[PH](C)(C)[V]. The molecule has 0 heterocycles. The third-order valence-corrected chi connectivity index (χ3v) is 0. The molecule has 0 aliphatic carbocycles. The van der Waals surface area contributed by atoms with Crippen molar-refractivity contribution in [1.29, 1.82) is 0 Å². The van der Waals surface area contributed by atoms with Crippen LogP contribution in [0.2, 0.25) is 0 Å². The van der Waals surface area contributed by atoms with Crippen LogP contribution in [0, 0.1) is 0 Å². The maximum absolute atomic E-state index is 2.72. The van der Waals surface area contributed by atoms with Crippen LogP contribution in [0.1, 0.15) is 0 Å². The summed E-state index contributed by atoms with van der Waals surface area (Å²) in [5.41, 5.74) is -0.674. The van der Waals surface area contributed by atoms with Crippen molar-refractivity contribution < 1.29 is 17.0 Å². The Bertz CT molecular complexity index is 22.4. The van der Waals surface area contributed by atoms with Gasteiger partial charge in [-0.05, 0) is 0 Å². The summed E-state index contributed by atoms with van der Waals surface area (Å²) < 4.78 is 0. The standard InChI is InChI=1S/C3H9P.V/c1-4(2)3;/h1-3H3;/q;-1/p+1. The molecule has 0 saturated carbocycles. The van der Waals surface area contributed by atoms with Crippen molar-refractivity contribution in [2.24, 2.45) is 0 Å². The topological polar surface area (TPSA) is 0 Å². The van der Waals surface area contributed by atoms with Gasteiger partial charge in [0.1, 0.15) is 0 Å². The first kappa shape index (κ1) is 6.01. The zero-order valence-electron chi connectivity index (χ0n) is 3.95. The second kappa shape index (κ2) is 1.64. The fourth-order valence-corrected chi connectivity index (χ4v) is 0. The van der Waals surface area contributed by atoms with Gasteiger partial charge in [0.25, 0.3) is 0 Å². The van der Waals surface area contributed by atoms with Crippen LogP contribution in [0.3, 0.4) is 0 Å². The van der Waals surface area contributed by atoms with Crippen LogP contribution in [-0.4, -0.2) is 20.0 Å². The number of hydrogen-bond donors (Lipinski definition) is 0. The van der Waals surface area contributed by atoms with Gasteiger partial charge in [-0.15, -0.1) is 0 Å². The summed E-state index contributed by atoms with van der Waals surface area (Å²) in [6.07, 6.45) is 0. The van der Waals surface area contributed by atoms with Crippen molar-refractivity contribution in [3.8, 4) is 0 Å². The number of rotatable bonds is 0. The van der Waals surface area contributed by atoms with Crippen molar-refractivity contribution in [2.75, 3.05) is 20.0 Å². The molecule has 2 heteroatoms. The van der Waals surface area contributed by atoms with Crippen LogP contribution in [-0.2, 0) is 17.0 Å². The molecule has 0 aliphatic heterocycles. The molecule has 0 fully saturated rings. The Hall–Kier alpha value is 1.01. The van der Waals surface area contributed by atoms with Gasteiger partial charge in [-0.25, -0.2) is 0 Å². The van der Waals surface area contributed by atoms with E-state index in [0.717, 1.165) is 0 Å². The Morgan fingerprint density at radius 3 is 1.20 bits per heavy atom. The normalized spacial score (nSPS) is 15.0. The molecule has 0 amide bonds. The first-order chi connectivity index (χ1) is 2.00. The number of hydrogen-bond acceptors (Lipinski definition) is 0. The summed E-state index contributed by atoms with van der Waals surface area (Å²) in [7, 11) is 0. The fraction of sp³-hybridized carbons (Fsp3) is 1.00. The predicted octanol–water partition coefficient (Wildman–Crippen LogP) is 1.09. The fourth-order valence-electron chi connectivity index (χ4n) is 0. The molecule has 32 valence electrons. The Labute approximate surface area is 43.2 Å². The Balaban J connectivity index is 3.02. The summed E-state index contributed by atoms with van der Waals surface area (Å²) >= 11 is 2.72. The molecular weight excluding hydrogens is 118 g/mol. The maximum atomic E-state index is 2.72. The van der Waals surface area contributed by atoms with Gasteiger partial charge in [0.05, 0.1) is 0 Å². The molecule has 5 heavy (non-hydrogen) atoms. The van der Waals surface area contributed by atoms with Gasteiger partial charge in [0.2, 0.25) is 0 Å². The van der Waals surface area contributed by atoms with Crippen LogP contribution in [0.25, 0.3) is 0 Å². The van der Waals surface area contributed by atoms with E-state index >= 15 is 0 Å². The molecule has 0 unspecified atom stereocenters. The van der Waals surface area contributed by atoms with E-state index in [2.05, 4.69) is 37.0 Å². The van der Waals surface area contributed by atoms with Crippen molar-refractivity contribution in [3.63, 3.8) is 0 Å². The summed E-state index contributed by atoms with van der Waals surface area (Å²) in [5, 5.41) is 0. The second-order valence-electron chi connectivity index (χ2n) is 2.17. The van der Waals surface area contributed by atoms with Gasteiger partial charge in [-0.2, -0.15) is 0 Å². The third-order valence-electron chi connectivity index (χ3n) is 0. The van der Waals surface area contributed by atoms with Crippen molar-refractivity contribution in [2.45, 2.75) is 0 Å². The molecule has 0 aromatic carbocycles. The van der Waals surface area contributed by atoms with Crippen LogP contribution < -0.4 is 0 Å². The van der Waals surface area contributed by atoms with Gasteiger partial charge in [-0.3, -0.25) is 0 Å². The van der Waals surface area contributed by atoms with E-state index in [1.165, 1.54) is 0 Å². The monoisotopic (exact) mass is 128 g/mol. The molecule has 0 rings (SSSR count). The van der Waals surface area contributed by atoms with E-state index in [1.54, 1.807) is 0 Å². The average molecular weight is 128 g/mol. The molecule has 0 aromatic rings. The van der Waals surface area contributed by atoms with Gasteiger partial charge < -0.3 is 0 Å². The summed E-state index contributed by atoms with van der Waals surface area (Å²) in [4.78, 5) is 0. The van der Waals surface area contributed by atoms with E-state index in [4.69, 9.17) is 0 Å². The molecule has 0 bridgehead atoms. The molecule has 0 atom stereocenters. The van der Waals surface area contributed by atoms with E-state index in [-0.39, 0.29) is 0 Å². The minimum absolute atomic E-state index is 0.674. The molecule has 0 aliphatic rings. The molecule has 0 nitrogen and oxygen atoms in total. The van der Waals surface area contributed by atoms with E-state index in [1.807, 2.05) is 0 Å². The van der Waals surface area contributed by atoms with Gasteiger partial charge in [0, 0.05) is 0 Å². The first-order valence-electron chi connectivity index (χ1n) is 1.72. The van der Waals surface area contributed by atoms with Crippen molar-refractivity contribution in [3.05, 3.63) is 0 Å². The van der Waals surface area contributed by atoms with Gasteiger partial charge in [-0.1, -0.05) is 0 Å². The molecule has 0 saturated heterocycles. The zero-order valence-corrected chi connectivity index (χ0v) is 6.34. The van der Waals surface area contributed by atoms with Crippen molar-refractivity contribution >= 4 is 5.73 Å². The van der Waals surface area contributed by atoms with Gasteiger partial charge >= 0.3 is 42.7 Å². The Morgan fingerprint density at radius 2 is 1.20 bits per heavy atom. The summed E-state index contributed by atoms with van der Waals surface area (Å²) in [6, 6.07) is 0. The van der Waals surface area contributed by atoms with E-state index in [9.17, 15) is 0 Å². The minimum atomic E-state index is -0.674.